The Kier molecular flexibility index (Phi) is 4.20. The van der Waals surface area contributed by atoms with Crippen LogP contribution in [0.15, 0.2) is 48.5 Å². The number of rotatable bonds is 3. The first-order valence-corrected chi connectivity index (χ1v) is 8.03. The first kappa shape index (κ1) is 17.0. The van der Waals surface area contributed by atoms with E-state index in [9.17, 15) is 9.18 Å². The summed E-state index contributed by atoms with van der Waals surface area (Å²) < 4.78 is 15.0. The summed E-state index contributed by atoms with van der Waals surface area (Å²) in [4.78, 5) is 18.7. The average Bonchev–Trinajstić information content (AvgIpc) is 2.93. The van der Waals surface area contributed by atoms with E-state index in [2.05, 4.69) is 10.3 Å². The Balaban J connectivity index is 1.85. The van der Waals surface area contributed by atoms with Gasteiger partial charge >= 0.3 is 6.03 Å². The molecule has 0 fully saturated rings. The standard InChI is InChI=1S/C19H21FN4O/c1-19(2,17-21-15-7-5-6-8-16(15)24(17)4)22-18(25)23(3)14-11-9-13(20)10-12-14/h5-12H,1-4H3,(H,22,25). The Hall–Kier alpha value is -2.89. The van der Waals surface area contributed by atoms with Gasteiger partial charge in [-0.3, -0.25) is 4.90 Å². The van der Waals surface area contributed by atoms with Gasteiger partial charge in [-0.1, -0.05) is 12.1 Å². The largest absolute Gasteiger partial charge is 0.329 e. The van der Waals surface area contributed by atoms with Gasteiger partial charge in [0, 0.05) is 19.8 Å². The Morgan fingerprint density at radius 1 is 1.16 bits per heavy atom. The van der Waals surface area contributed by atoms with Gasteiger partial charge in [0.15, 0.2) is 0 Å². The fraction of sp³-hybridized carbons (Fsp3) is 0.263. The molecule has 0 bridgehead atoms. The number of aryl methyl sites for hydroxylation is 1. The number of carbonyl (C=O) groups is 1. The van der Waals surface area contributed by atoms with E-state index in [1.165, 1.54) is 17.0 Å². The third kappa shape index (κ3) is 3.20. The number of halogens is 1. The molecule has 6 heteroatoms. The Labute approximate surface area is 146 Å². The Bertz CT molecular complexity index is 915. The van der Waals surface area contributed by atoms with Crippen LogP contribution in [0.2, 0.25) is 0 Å². The topological polar surface area (TPSA) is 50.2 Å². The summed E-state index contributed by atoms with van der Waals surface area (Å²) in [6.07, 6.45) is 0. The van der Waals surface area contributed by atoms with E-state index in [0.29, 0.717) is 5.69 Å². The minimum absolute atomic E-state index is 0.288. The van der Waals surface area contributed by atoms with Crippen molar-refractivity contribution in [1.29, 1.82) is 0 Å². The van der Waals surface area contributed by atoms with Crippen molar-refractivity contribution in [2.45, 2.75) is 19.4 Å². The van der Waals surface area contributed by atoms with Crippen molar-refractivity contribution in [2.24, 2.45) is 7.05 Å². The van der Waals surface area contributed by atoms with Crippen molar-refractivity contribution < 1.29 is 9.18 Å². The molecule has 1 aromatic heterocycles. The molecule has 130 valence electrons. The van der Waals surface area contributed by atoms with Gasteiger partial charge in [-0.05, 0) is 50.2 Å². The molecule has 0 aliphatic heterocycles. The Morgan fingerprint density at radius 2 is 1.80 bits per heavy atom. The lowest BCUT2D eigenvalue weighted by molar-refractivity contribution is 0.235. The second kappa shape index (κ2) is 6.20. The number of para-hydroxylation sites is 2. The Morgan fingerprint density at radius 3 is 2.44 bits per heavy atom. The van der Waals surface area contributed by atoms with Crippen LogP contribution in [-0.2, 0) is 12.6 Å². The molecule has 3 aromatic rings. The highest BCUT2D eigenvalue weighted by Gasteiger charge is 2.29. The number of anilines is 1. The molecule has 5 nitrogen and oxygen atoms in total. The molecule has 1 N–H and O–H groups in total. The molecule has 0 spiro atoms. The lowest BCUT2D eigenvalue weighted by Gasteiger charge is -2.29. The number of urea groups is 1. The van der Waals surface area contributed by atoms with Gasteiger partial charge < -0.3 is 9.88 Å². The van der Waals surface area contributed by atoms with Crippen molar-refractivity contribution in [3.63, 3.8) is 0 Å². The summed E-state index contributed by atoms with van der Waals surface area (Å²) in [6.45, 7) is 3.81. The molecule has 0 saturated heterocycles. The second-order valence-corrected chi connectivity index (χ2v) is 6.57. The number of carbonyl (C=O) groups excluding carboxylic acids is 1. The predicted octanol–water partition coefficient (Wildman–Crippen LogP) is 3.79. The molecule has 0 saturated carbocycles. The summed E-state index contributed by atoms with van der Waals surface area (Å²) in [5, 5.41) is 3.00. The third-order valence-corrected chi connectivity index (χ3v) is 4.28. The fourth-order valence-corrected chi connectivity index (χ4v) is 2.89. The van der Waals surface area contributed by atoms with E-state index < -0.39 is 5.54 Å². The van der Waals surface area contributed by atoms with Gasteiger partial charge in [-0.15, -0.1) is 0 Å². The normalized spacial score (nSPS) is 11.6. The highest BCUT2D eigenvalue weighted by Crippen LogP contribution is 2.24. The summed E-state index contributed by atoms with van der Waals surface area (Å²) in [7, 11) is 3.58. The zero-order chi connectivity index (χ0) is 18.2. The van der Waals surface area contributed by atoms with Crippen LogP contribution in [0.4, 0.5) is 14.9 Å². The van der Waals surface area contributed by atoms with E-state index in [1.54, 1.807) is 19.2 Å². The van der Waals surface area contributed by atoms with Gasteiger partial charge in [-0.25, -0.2) is 14.2 Å². The van der Waals surface area contributed by atoms with E-state index in [-0.39, 0.29) is 11.8 Å². The number of benzene rings is 2. The minimum atomic E-state index is -0.681. The molecule has 2 amide bonds. The van der Waals surface area contributed by atoms with Crippen molar-refractivity contribution in [3.05, 3.63) is 60.2 Å². The lowest BCUT2D eigenvalue weighted by atomic mass is 10.1. The van der Waals surface area contributed by atoms with Crippen LogP contribution in [0.5, 0.6) is 0 Å². The lowest BCUT2D eigenvalue weighted by Crippen LogP contribution is -2.48. The number of aromatic nitrogens is 2. The maximum atomic E-state index is 13.1. The quantitative estimate of drug-likeness (QED) is 0.788. The third-order valence-electron chi connectivity index (χ3n) is 4.28. The molecule has 0 aliphatic rings. The summed E-state index contributed by atoms with van der Waals surface area (Å²) in [5.74, 6) is 0.423. The second-order valence-electron chi connectivity index (χ2n) is 6.57. The van der Waals surface area contributed by atoms with Gasteiger partial charge in [0.05, 0.1) is 16.6 Å². The molecule has 25 heavy (non-hydrogen) atoms. The highest BCUT2D eigenvalue weighted by atomic mass is 19.1. The van der Waals surface area contributed by atoms with E-state index in [0.717, 1.165) is 16.9 Å². The average molecular weight is 340 g/mol. The molecule has 0 unspecified atom stereocenters. The number of amides is 2. The summed E-state index contributed by atoms with van der Waals surface area (Å²) in [5.41, 5.74) is 1.82. The van der Waals surface area contributed by atoms with Crippen molar-refractivity contribution in [2.75, 3.05) is 11.9 Å². The van der Waals surface area contributed by atoms with Crippen LogP contribution in [0.1, 0.15) is 19.7 Å². The van der Waals surface area contributed by atoms with Gasteiger partial charge in [0.25, 0.3) is 0 Å². The highest BCUT2D eigenvalue weighted by molar-refractivity contribution is 5.92. The van der Waals surface area contributed by atoms with Crippen LogP contribution in [0.3, 0.4) is 0 Å². The van der Waals surface area contributed by atoms with Gasteiger partial charge in [0.2, 0.25) is 0 Å². The van der Waals surface area contributed by atoms with E-state index in [1.807, 2.05) is 49.7 Å². The first-order chi connectivity index (χ1) is 11.8. The molecule has 0 aliphatic carbocycles. The fourth-order valence-electron chi connectivity index (χ4n) is 2.89. The van der Waals surface area contributed by atoms with Crippen molar-refractivity contribution in [1.82, 2.24) is 14.9 Å². The molecule has 1 heterocycles. The van der Waals surface area contributed by atoms with Crippen molar-refractivity contribution in [3.8, 4) is 0 Å². The van der Waals surface area contributed by atoms with Crippen molar-refractivity contribution >= 4 is 22.8 Å². The zero-order valence-electron chi connectivity index (χ0n) is 14.7. The van der Waals surface area contributed by atoms with Gasteiger partial charge in [-0.2, -0.15) is 0 Å². The molecule has 3 rings (SSSR count). The predicted molar refractivity (Wildman–Crippen MR) is 97.1 cm³/mol. The zero-order valence-corrected chi connectivity index (χ0v) is 14.7. The number of hydrogen-bond acceptors (Lipinski definition) is 2. The van der Waals surface area contributed by atoms with Gasteiger partial charge in [0.1, 0.15) is 11.6 Å². The maximum Gasteiger partial charge on any atom is 0.322 e. The number of fused-ring (bicyclic) bond motifs is 1. The molecular weight excluding hydrogens is 319 g/mol. The maximum absolute atomic E-state index is 13.1. The first-order valence-electron chi connectivity index (χ1n) is 8.03. The van der Waals surface area contributed by atoms with Crippen LogP contribution >= 0.6 is 0 Å². The number of imidazole rings is 1. The molecule has 0 radical (unpaired) electrons. The monoisotopic (exact) mass is 340 g/mol. The summed E-state index contributed by atoms with van der Waals surface area (Å²) >= 11 is 0. The number of nitrogens with zero attached hydrogens (tertiary/aromatic N) is 3. The van der Waals surface area contributed by atoms with Crippen LogP contribution in [0, 0.1) is 5.82 Å². The minimum Gasteiger partial charge on any atom is -0.329 e. The van der Waals surface area contributed by atoms with E-state index >= 15 is 0 Å². The smallest absolute Gasteiger partial charge is 0.322 e. The van der Waals surface area contributed by atoms with Crippen LogP contribution in [0.25, 0.3) is 11.0 Å². The molecule has 2 aromatic carbocycles. The van der Waals surface area contributed by atoms with Crippen LogP contribution < -0.4 is 10.2 Å². The van der Waals surface area contributed by atoms with E-state index in [4.69, 9.17) is 0 Å². The number of hydrogen-bond donors (Lipinski definition) is 1. The van der Waals surface area contributed by atoms with Crippen LogP contribution in [-0.4, -0.2) is 22.6 Å². The SMILES string of the molecule is CN(C(=O)NC(C)(C)c1nc2ccccc2n1C)c1ccc(F)cc1. The summed E-state index contributed by atoms with van der Waals surface area (Å²) in [6, 6.07) is 13.3. The molecular formula is C19H21FN4O. The molecule has 0 atom stereocenters. The number of nitrogens with one attached hydrogen (secondary N) is 1.